The van der Waals surface area contributed by atoms with Crippen molar-refractivity contribution < 1.29 is 23.5 Å². The van der Waals surface area contributed by atoms with E-state index in [1.807, 2.05) is 0 Å². The molecule has 3 aromatic rings. The molecule has 0 aliphatic carbocycles. The molecule has 1 amide bonds. The number of aliphatic carboxylic acids is 1. The maximum absolute atomic E-state index is 14.4. The van der Waals surface area contributed by atoms with E-state index in [1.54, 1.807) is 24.3 Å². The van der Waals surface area contributed by atoms with Crippen LogP contribution in [0.25, 0.3) is 0 Å². The first kappa shape index (κ1) is 19.6. The molecule has 30 heavy (non-hydrogen) atoms. The van der Waals surface area contributed by atoms with E-state index in [9.17, 15) is 23.5 Å². The van der Waals surface area contributed by atoms with Gasteiger partial charge in [0, 0.05) is 11.6 Å². The minimum Gasteiger partial charge on any atom is -0.477 e. The lowest BCUT2D eigenvalue weighted by molar-refractivity contribution is -0.132. The van der Waals surface area contributed by atoms with E-state index in [4.69, 9.17) is 11.6 Å². The maximum Gasteiger partial charge on any atom is 0.352 e. The predicted octanol–water partition coefficient (Wildman–Crippen LogP) is 4.05. The van der Waals surface area contributed by atoms with E-state index in [0.717, 1.165) is 6.07 Å². The third-order valence-corrected chi connectivity index (χ3v) is 4.84. The topological polar surface area (TPSA) is 96.2 Å². The van der Waals surface area contributed by atoms with E-state index < -0.39 is 29.6 Å². The molecule has 0 unspecified atom stereocenters. The van der Waals surface area contributed by atoms with Gasteiger partial charge in [0.25, 0.3) is 5.91 Å². The van der Waals surface area contributed by atoms with Gasteiger partial charge in [0.05, 0.1) is 16.9 Å². The summed E-state index contributed by atoms with van der Waals surface area (Å²) >= 11 is 6.06. The Bertz CT molecular complexity index is 1210. The first-order valence-corrected chi connectivity index (χ1v) is 9.03. The fourth-order valence-electron chi connectivity index (χ4n) is 3.10. The summed E-state index contributed by atoms with van der Waals surface area (Å²) in [6.07, 6.45) is 2.45. The number of aromatic nitrogens is 2. The number of para-hydroxylation sites is 1. The molecule has 10 heteroatoms. The van der Waals surface area contributed by atoms with Crippen molar-refractivity contribution in [2.75, 3.05) is 10.6 Å². The SMILES string of the molecule is O=C(O)C1=C[C@@H](c2ccc(F)cc2F)n2ncc(C(=O)Nc3ccccc3Cl)c2N1. The number of rotatable bonds is 4. The lowest BCUT2D eigenvalue weighted by Crippen LogP contribution is -2.26. The zero-order chi connectivity index (χ0) is 21.4. The molecule has 2 aromatic carbocycles. The Labute approximate surface area is 173 Å². The second-order valence-electron chi connectivity index (χ2n) is 6.41. The zero-order valence-corrected chi connectivity index (χ0v) is 15.8. The second-order valence-corrected chi connectivity index (χ2v) is 6.81. The minimum atomic E-state index is -1.31. The van der Waals surface area contributed by atoms with Crippen LogP contribution in [-0.4, -0.2) is 26.8 Å². The first-order chi connectivity index (χ1) is 14.3. The van der Waals surface area contributed by atoms with E-state index in [0.29, 0.717) is 16.8 Å². The molecule has 4 rings (SSSR count). The fraction of sp³-hybridized carbons (Fsp3) is 0.0500. The van der Waals surface area contributed by atoms with Crippen LogP contribution in [0.15, 0.2) is 60.4 Å². The molecular weight excluding hydrogens is 418 g/mol. The van der Waals surface area contributed by atoms with Crippen LogP contribution < -0.4 is 10.6 Å². The van der Waals surface area contributed by atoms with Crippen LogP contribution in [0.3, 0.4) is 0 Å². The molecule has 0 fully saturated rings. The van der Waals surface area contributed by atoms with Crippen molar-refractivity contribution in [3.8, 4) is 0 Å². The smallest absolute Gasteiger partial charge is 0.352 e. The number of fused-ring (bicyclic) bond motifs is 1. The van der Waals surface area contributed by atoms with E-state index in [-0.39, 0.29) is 22.6 Å². The quantitative estimate of drug-likeness (QED) is 0.580. The van der Waals surface area contributed by atoms with Crippen LogP contribution in [0.5, 0.6) is 0 Å². The number of hydrogen-bond acceptors (Lipinski definition) is 4. The standard InChI is InChI=1S/C20H13ClF2N4O3/c21-13-3-1-2-4-15(13)26-19(28)12-9-24-27-17(8-16(20(29)30)25-18(12)27)11-6-5-10(22)7-14(11)23/h1-9,17,25H,(H,26,28)(H,29,30)/t17-/m0/s1. The number of benzene rings is 2. The van der Waals surface area contributed by atoms with Gasteiger partial charge in [0.2, 0.25) is 0 Å². The van der Waals surface area contributed by atoms with Gasteiger partial charge in [-0.2, -0.15) is 5.10 Å². The second kappa shape index (κ2) is 7.60. The van der Waals surface area contributed by atoms with Crippen molar-refractivity contribution in [1.82, 2.24) is 9.78 Å². The van der Waals surface area contributed by atoms with Crippen molar-refractivity contribution in [2.45, 2.75) is 6.04 Å². The Hall–Kier alpha value is -3.72. The van der Waals surface area contributed by atoms with Crippen LogP contribution in [0.2, 0.25) is 5.02 Å². The Morgan fingerprint density at radius 1 is 1.20 bits per heavy atom. The van der Waals surface area contributed by atoms with Crippen LogP contribution in [0.1, 0.15) is 22.0 Å². The highest BCUT2D eigenvalue weighted by Gasteiger charge is 2.31. The molecule has 152 valence electrons. The molecule has 1 aliphatic rings. The monoisotopic (exact) mass is 430 g/mol. The average molecular weight is 431 g/mol. The lowest BCUT2D eigenvalue weighted by atomic mass is 10.0. The van der Waals surface area contributed by atoms with Crippen molar-refractivity contribution in [2.24, 2.45) is 0 Å². The third kappa shape index (κ3) is 3.50. The first-order valence-electron chi connectivity index (χ1n) is 8.65. The number of halogens is 3. The molecule has 0 radical (unpaired) electrons. The number of carboxylic acids is 1. The summed E-state index contributed by atoms with van der Waals surface area (Å²) in [6, 6.07) is 8.53. The van der Waals surface area contributed by atoms with Gasteiger partial charge >= 0.3 is 5.97 Å². The Kier molecular flexibility index (Phi) is 4.96. The number of amides is 1. The highest BCUT2D eigenvalue weighted by atomic mass is 35.5. The van der Waals surface area contributed by atoms with Gasteiger partial charge in [-0.05, 0) is 24.3 Å². The van der Waals surface area contributed by atoms with Crippen molar-refractivity contribution in [3.05, 3.63) is 88.2 Å². The summed E-state index contributed by atoms with van der Waals surface area (Å²) in [5, 5.41) is 19.1. The Morgan fingerprint density at radius 3 is 2.67 bits per heavy atom. The number of nitrogens with zero attached hydrogens (tertiary/aromatic N) is 2. The van der Waals surface area contributed by atoms with Gasteiger partial charge in [-0.1, -0.05) is 29.8 Å². The molecule has 0 spiro atoms. The molecule has 1 aromatic heterocycles. The van der Waals surface area contributed by atoms with Crippen LogP contribution >= 0.6 is 11.6 Å². The molecule has 7 nitrogen and oxygen atoms in total. The van der Waals surface area contributed by atoms with Crippen LogP contribution in [0, 0.1) is 11.6 Å². The van der Waals surface area contributed by atoms with Crippen molar-refractivity contribution >= 4 is 35.0 Å². The third-order valence-electron chi connectivity index (χ3n) is 4.51. The van der Waals surface area contributed by atoms with Crippen LogP contribution in [0.4, 0.5) is 20.3 Å². The molecule has 0 saturated carbocycles. The summed E-state index contributed by atoms with van der Waals surface area (Å²) in [5.74, 6) is -3.50. The Morgan fingerprint density at radius 2 is 1.97 bits per heavy atom. The number of anilines is 2. The minimum absolute atomic E-state index is 0.000869. The zero-order valence-electron chi connectivity index (χ0n) is 15.1. The largest absolute Gasteiger partial charge is 0.477 e. The predicted molar refractivity (Wildman–Crippen MR) is 105 cm³/mol. The van der Waals surface area contributed by atoms with Gasteiger partial charge in [-0.15, -0.1) is 0 Å². The average Bonchev–Trinajstić information content (AvgIpc) is 3.13. The van der Waals surface area contributed by atoms with E-state index >= 15 is 0 Å². The maximum atomic E-state index is 14.4. The number of carboxylic acid groups (broad SMARTS) is 1. The summed E-state index contributed by atoms with van der Waals surface area (Å²) in [4.78, 5) is 24.4. The molecular formula is C20H13ClF2N4O3. The van der Waals surface area contributed by atoms with Gasteiger partial charge in [-0.25, -0.2) is 18.3 Å². The van der Waals surface area contributed by atoms with E-state index in [2.05, 4.69) is 15.7 Å². The number of carbonyl (C=O) groups is 2. The van der Waals surface area contributed by atoms with E-state index in [1.165, 1.54) is 23.0 Å². The highest BCUT2D eigenvalue weighted by Crippen LogP contribution is 2.34. The van der Waals surface area contributed by atoms with Gasteiger partial charge < -0.3 is 15.7 Å². The summed E-state index contributed by atoms with van der Waals surface area (Å²) in [5.41, 5.74) is 0.104. The fourth-order valence-corrected chi connectivity index (χ4v) is 3.28. The number of nitrogens with one attached hydrogen (secondary N) is 2. The summed E-state index contributed by atoms with van der Waals surface area (Å²) < 4.78 is 29.0. The number of allylic oxidation sites excluding steroid dienone is 1. The van der Waals surface area contributed by atoms with Gasteiger partial charge in [0.1, 0.15) is 34.8 Å². The van der Waals surface area contributed by atoms with Crippen molar-refractivity contribution in [3.63, 3.8) is 0 Å². The normalized spacial score (nSPS) is 15.0. The van der Waals surface area contributed by atoms with Crippen LogP contribution in [-0.2, 0) is 4.79 Å². The number of carbonyl (C=O) groups excluding carboxylic acids is 1. The van der Waals surface area contributed by atoms with Crippen molar-refractivity contribution in [1.29, 1.82) is 0 Å². The molecule has 0 bridgehead atoms. The number of hydrogen-bond donors (Lipinski definition) is 3. The molecule has 2 heterocycles. The molecule has 1 atom stereocenters. The van der Waals surface area contributed by atoms with Gasteiger partial charge in [-0.3, -0.25) is 4.79 Å². The lowest BCUT2D eigenvalue weighted by Gasteiger charge is -2.24. The molecule has 3 N–H and O–H groups in total. The highest BCUT2D eigenvalue weighted by molar-refractivity contribution is 6.34. The summed E-state index contributed by atoms with van der Waals surface area (Å²) in [7, 11) is 0. The summed E-state index contributed by atoms with van der Waals surface area (Å²) in [6.45, 7) is 0. The molecule has 0 saturated heterocycles. The Balaban J connectivity index is 1.76. The van der Waals surface area contributed by atoms with Gasteiger partial charge in [0.15, 0.2) is 0 Å². The molecule has 1 aliphatic heterocycles.